The second kappa shape index (κ2) is 11.1. The molecule has 1 N–H and O–H groups in total. The maximum absolute atomic E-state index is 13.4. The average Bonchev–Trinajstić information content (AvgIpc) is 2.74. The Bertz CT molecular complexity index is 1020. The van der Waals surface area contributed by atoms with Crippen molar-refractivity contribution in [1.82, 2.24) is 10.2 Å². The summed E-state index contributed by atoms with van der Waals surface area (Å²) in [5.74, 6) is -0.718. The number of nitrogens with one attached hydrogen (secondary N) is 1. The van der Waals surface area contributed by atoms with Crippen LogP contribution in [-0.4, -0.2) is 50.5 Å². The number of carbonyl (C=O) groups is 2. The van der Waals surface area contributed by atoms with Gasteiger partial charge >= 0.3 is 0 Å². The third kappa shape index (κ3) is 7.09. The van der Waals surface area contributed by atoms with Crippen molar-refractivity contribution in [2.45, 2.75) is 46.7 Å². The Labute approximate surface area is 191 Å². The lowest BCUT2D eigenvalue weighted by molar-refractivity contribution is -0.139. The highest BCUT2D eigenvalue weighted by Crippen LogP contribution is 2.19. The van der Waals surface area contributed by atoms with Crippen LogP contribution in [0.3, 0.4) is 0 Å². The van der Waals surface area contributed by atoms with Crippen LogP contribution in [0.1, 0.15) is 37.0 Å². The van der Waals surface area contributed by atoms with Crippen LogP contribution >= 0.6 is 0 Å². The summed E-state index contributed by atoms with van der Waals surface area (Å²) in [5.41, 5.74) is 3.34. The van der Waals surface area contributed by atoms with Crippen molar-refractivity contribution in [3.05, 3.63) is 65.2 Å². The first-order valence-electron chi connectivity index (χ1n) is 10.7. The van der Waals surface area contributed by atoms with Crippen molar-refractivity contribution in [3.8, 4) is 0 Å². The van der Waals surface area contributed by atoms with Gasteiger partial charge in [-0.2, -0.15) is 0 Å². The van der Waals surface area contributed by atoms with Gasteiger partial charge in [0.15, 0.2) is 0 Å². The van der Waals surface area contributed by atoms with E-state index in [-0.39, 0.29) is 19.0 Å². The van der Waals surface area contributed by atoms with Crippen molar-refractivity contribution in [3.63, 3.8) is 0 Å². The molecule has 0 unspecified atom stereocenters. The van der Waals surface area contributed by atoms with Crippen LogP contribution in [0.2, 0.25) is 0 Å². The normalized spacial score (nSPS) is 12.2. The first-order chi connectivity index (χ1) is 15.0. The number of benzene rings is 2. The standard InChI is InChI=1S/C24H33N3O4S/c1-6-15-25-24(29)20(4)26(16-21-11-7-18(2)8-12-21)23(28)17-27(32(5,30)31)22-13-9-19(3)10-14-22/h7-14,20H,6,15-17H2,1-5H3,(H,25,29)/t20-/m0/s1. The molecule has 0 aliphatic rings. The molecule has 0 spiro atoms. The highest BCUT2D eigenvalue weighted by molar-refractivity contribution is 7.92. The molecule has 32 heavy (non-hydrogen) atoms. The van der Waals surface area contributed by atoms with Gasteiger partial charge in [-0.05, 0) is 44.9 Å². The van der Waals surface area contributed by atoms with Gasteiger partial charge in [-0.15, -0.1) is 0 Å². The highest BCUT2D eigenvalue weighted by Gasteiger charge is 2.29. The number of hydrogen-bond donors (Lipinski definition) is 1. The van der Waals surface area contributed by atoms with Crippen molar-refractivity contribution >= 4 is 27.5 Å². The van der Waals surface area contributed by atoms with E-state index >= 15 is 0 Å². The van der Waals surface area contributed by atoms with E-state index < -0.39 is 22.0 Å². The van der Waals surface area contributed by atoms with Gasteiger partial charge in [0.05, 0.1) is 11.9 Å². The minimum atomic E-state index is -3.71. The van der Waals surface area contributed by atoms with E-state index in [9.17, 15) is 18.0 Å². The zero-order valence-electron chi connectivity index (χ0n) is 19.5. The van der Waals surface area contributed by atoms with Gasteiger partial charge in [0.2, 0.25) is 21.8 Å². The van der Waals surface area contributed by atoms with E-state index in [4.69, 9.17) is 0 Å². The second-order valence-corrected chi connectivity index (χ2v) is 9.99. The predicted molar refractivity (Wildman–Crippen MR) is 128 cm³/mol. The molecule has 0 fully saturated rings. The molecule has 8 heteroatoms. The van der Waals surface area contributed by atoms with E-state index in [1.165, 1.54) is 4.90 Å². The minimum Gasteiger partial charge on any atom is -0.354 e. The van der Waals surface area contributed by atoms with Crippen molar-refractivity contribution in [1.29, 1.82) is 0 Å². The lowest BCUT2D eigenvalue weighted by atomic mass is 10.1. The van der Waals surface area contributed by atoms with Gasteiger partial charge in [-0.25, -0.2) is 8.42 Å². The summed E-state index contributed by atoms with van der Waals surface area (Å²) < 4.78 is 26.1. The Morgan fingerprint density at radius 3 is 2.00 bits per heavy atom. The van der Waals surface area contributed by atoms with Crippen molar-refractivity contribution in [2.24, 2.45) is 0 Å². The molecule has 0 heterocycles. The number of rotatable bonds is 10. The monoisotopic (exact) mass is 459 g/mol. The van der Waals surface area contributed by atoms with Crippen LogP contribution in [0, 0.1) is 13.8 Å². The molecular weight excluding hydrogens is 426 g/mol. The van der Waals surface area contributed by atoms with Crippen LogP contribution in [0.25, 0.3) is 0 Å². The summed E-state index contributed by atoms with van der Waals surface area (Å²) in [4.78, 5) is 27.4. The maximum Gasteiger partial charge on any atom is 0.244 e. The summed E-state index contributed by atoms with van der Waals surface area (Å²) in [6.45, 7) is 7.80. The Morgan fingerprint density at radius 1 is 0.969 bits per heavy atom. The number of amides is 2. The molecule has 0 saturated heterocycles. The van der Waals surface area contributed by atoms with Crippen LogP contribution in [0.5, 0.6) is 0 Å². The van der Waals surface area contributed by atoms with Gasteiger partial charge in [0.25, 0.3) is 0 Å². The molecule has 1 atom stereocenters. The Hall–Kier alpha value is -2.87. The lowest BCUT2D eigenvalue weighted by Crippen LogP contribution is -2.51. The molecule has 0 aliphatic carbocycles. The number of anilines is 1. The summed E-state index contributed by atoms with van der Waals surface area (Å²) in [6.07, 6.45) is 1.85. The SMILES string of the molecule is CCCNC(=O)[C@H](C)N(Cc1ccc(C)cc1)C(=O)CN(c1ccc(C)cc1)S(C)(=O)=O. The summed E-state index contributed by atoms with van der Waals surface area (Å²) >= 11 is 0. The molecular formula is C24H33N3O4S. The smallest absolute Gasteiger partial charge is 0.244 e. The third-order valence-corrected chi connectivity index (χ3v) is 6.33. The quantitative estimate of drug-likeness (QED) is 0.592. The van der Waals surface area contributed by atoms with Gasteiger partial charge in [-0.1, -0.05) is 54.4 Å². The zero-order chi connectivity index (χ0) is 23.9. The largest absolute Gasteiger partial charge is 0.354 e. The Morgan fingerprint density at radius 2 is 1.50 bits per heavy atom. The molecule has 2 amide bonds. The summed E-state index contributed by atoms with van der Waals surface area (Å²) in [7, 11) is -3.71. The van der Waals surface area contributed by atoms with Crippen LogP contribution in [-0.2, 0) is 26.2 Å². The minimum absolute atomic E-state index is 0.200. The fraction of sp³-hybridized carbons (Fsp3) is 0.417. The molecule has 174 valence electrons. The van der Waals surface area contributed by atoms with Gasteiger partial charge in [0.1, 0.15) is 12.6 Å². The number of nitrogens with zero attached hydrogens (tertiary/aromatic N) is 2. The fourth-order valence-electron chi connectivity index (χ4n) is 3.19. The maximum atomic E-state index is 13.4. The molecule has 0 radical (unpaired) electrons. The summed E-state index contributed by atoms with van der Waals surface area (Å²) in [6, 6.07) is 13.9. The lowest BCUT2D eigenvalue weighted by Gasteiger charge is -2.31. The molecule has 0 aromatic heterocycles. The summed E-state index contributed by atoms with van der Waals surface area (Å²) in [5, 5.41) is 2.82. The number of hydrogen-bond acceptors (Lipinski definition) is 4. The first-order valence-corrected chi connectivity index (χ1v) is 12.5. The van der Waals surface area contributed by atoms with Gasteiger partial charge < -0.3 is 10.2 Å². The second-order valence-electron chi connectivity index (χ2n) is 8.08. The van der Waals surface area contributed by atoms with Gasteiger partial charge in [-0.3, -0.25) is 13.9 Å². The van der Waals surface area contributed by atoms with E-state index in [2.05, 4.69) is 5.32 Å². The average molecular weight is 460 g/mol. The highest BCUT2D eigenvalue weighted by atomic mass is 32.2. The topological polar surface area (TPSA) is 86.8 Å². The third-order valence-electron chi connectivity index (χ3n) is 5.19. The van der Waals surface area contributed by atoms with E-state index in [1.807, 2.05) is 45.0 Å². The van der Waals surface area contributed by atoms with Gasteiger partial charge in [0, 0.05) is 13.1 Å². The predicted octanol–water partition coefficient (Wildman–Crippen LogP) is 3.01. The molecule has 7 nitrogen and oxygen atoms in total. The Balaban J connectivity index is 2.34. The van der Waals surface area contributed by atoms with E-state index in [0.29, 0.717) is 12.2 Å². The van der Waals surface area contributed by atoms with Crippen molar-refractivity contribution in [2.75, 3.05) is 23.7 Å². The zero-order valence-corrected chi connectivity index (χ0v) is 20.3. The number of carbonyl (C=O) groups excluding carboxylic acids is 2. The van der Waals surface area contributed by atoms with Crippen LogP contribution in [0.15, 0.2) is 48.5 Å². The van der Waals surface area contributed by atoms with E-state index in [0.717, 1.165) is 33.7 Å². The molecule has 2 rings (SSSR count). The molecule has 0 bridgehead atoms. The molecule has 0 aliphatic heterocycles. The van der Waals surface area contributed by atoms with Crippen molar-refractivity contribution < 1.29 is 18.0 Å². The Kier molecular flexibility index (Phi) is 8.83. The van der Waals surface area contributed by atoms with Crippen LogP contribution < -0.4 is 9.62 Å². The number of aryl methyl sites for hydroxylation is 2. The molecule has 0 saturated carbocycles. The fourth-order valence-corrected chi connectivity index (χ4v) is 4.04. The first kappa shape index (κ1) is 25.4. The number of sulfonamides is 1. The molecule has 2 aromatic carbocycles. The molecule has 2 aromatic rings. The van der Waals surface area contributed by atoms with E-state index in [1.54, 1.807) is 31.2 Å². The van der Waals surface area contributed by atoms with Crippen LogP contribution in [0.4, 0.5) is 5.69 Å².